The molecule has 0 unspecified atom stereocenters. The van der Waals surface area contributed by atoms with E-state index in [2.05, 4.69) is 81.1 Å². The first kappa shape index (κ1) is 18.5. The van der Waals surface area contributed by atoms with Gasteiger partial charge in [0.2, 0.25) is 0 Å². The summed E-state index contributed by atoms with van der Waals surface area (Å²) < 4.78 is 2.23. The van der Waals surface area contributed by atoms with Crippen molar-refractivity contribution in [1.82, 2.24) is 14.9 Å². The molecule has 1 aromatic carbocycles. The number of thiocarbonyl (C=S) groups is 1. The Kier molecular flexibility index (Phi) is 4.81. The minimum Gasteiger partial charge on any atom is -0.378 e. The number of anilines is 2. The third-order valence-electron chi connectivity index (χ3n) is 5.46. The number of pyridine rings is 1. The number of benzene rings is 1. The summed E-state index contributed by atoms with van der Waals surface area (Å²) in [5, 5.41) is 4.23. The molecule has 1 N–H and O–H groups in total. The van der Waals surface area contributed by atoms with Crippen LogP contribution in [0.15, 0.2) is 60.8 Å². The summed E-state index contributed by atoms with van der Waals surface area (Å²) in [6, 6.07) is 18.9. The maximum atomic E-state index is 5.78. The van der Waals surface area contributed by atoms with E-state index in [1.54, 1.807) is 0 Å². The number of nitrogens with zero attached hydrogens (tertiary/aromatic N) is 4. The van der Waals surface area contributed by atoms with E-state index in [-0.39, 0.29) is 12.1 Å². The highest BCUT2D eigenvalue weighted by molar-refractivity contribution is 7.80. The van der Waals surface area contributed by atoms with Gasteiger partial charge in [-0.05, 0) is 67.7 Å². The topological polar surface area (TPSA) is 36.3 Å². The zero-order chi connectivity index (χ0) is 19.8. The zero-order valence-electron chi connectivity index (χ0n) is 16.6. The molecule has 2 atom stereocenters. The van der Waals surface area contributed by atoms with Gasteiger partial charge >= 0.3 is 0 Å². The molecule has 3 heterocycles. The van der Waals surface area contributed by atoms with Crippen LogP contribution in [0, 0.1) is 6.92 Å². The second-order valence-electron chi connectivity index (χ2n) is 7.37. The lowest BCUT2D eigenvalue weighted by Gasteiger charge is -2.29. The molecule has 144 valence electrons. The van der Waals surface area contributed by atoms with Crippen LogP contribution in [0.5, 0.6) is 0 Å². The van der Waals surface area contributed by atoms with Gasteiger partial charge in [0.15, 0.2) is 5.11 Å². The Morgan fingerprint density at radius 1 is 1.04 bits per heavy atom. The van der Waals surface area contributed by atoms with Crippen LogP contribution in [0.4, 0.5) is 11.4 Å². The number of rotatable bonds is 4. The molecular formula is C22H25N5S. The van der Waals surface area contributed by atoms with Crippen molar-refractivity contribution in [2.75, 3.05) is 23.9 Å². The Bertz CT molecular complexity index is 978. The smallest absolute Gasteiger partial charge is 0.174 e. The van der Waals surface area contributed by atoms with Gasteiger partial charge in [-0.1, -0.05) is 6.07 Å². The molecular weight excluding hydrogens is 366 g/mol. The highest BCUT2D eigenvalue weighted by Gasteiger charge is 2.41. The molecule has 1 fully saturated rings. The van der Waals surface area contributed by atoms with Crippen LogP contribution in [0.1, 0.15) is 29.2 Å². The van der Waals surface area contributed by atoms with E-state index in [1.807, 2.05) is 32.4 Å². The quantitative estimate of drug-likeness (QED) is 0.681. The van der Waals surface area contributed by atoms with Gasteiger partial charge in [0.25, 0.3) is 0 Å². The third-order valence-corrected chi connectivity index (χ3v) is 5.77. The lowest BCUT2D eigenvalue weighted by molar-refractivity contribution is 0.539. The number of aromatic nitrogens is 2. The van der Waals surface area contributed by atoms with Gasteiger partial charge in [-0.2, -0.15) is 0 Å². The molecule has 0 spiro atoms. The lowest BCUT2D eigenvalue weighted by atomic mass is 10.0. The molecule has 1 saturated heterocycles. The van der Waals surface area contributed by atoms with E-state index >= 15 is 0 Å². The van der Waals surface area contributed by atoms with Crippen LogP contribution < -0.4 is 15.1 Å². The molecule has 28 heavy (non-hydrogen) atoms. The van der Waals surface area contributed by atoms with Crippen LogP contribution in [-0.2, 0) is 7.05 Å². The first-order valence-electron chi connectivity index (χ1n) is 9.37. The van der Waals surface area contributed by atoms with E-state index in [9.17, 15) is 0 Å². The van der Waals surface area contributed by atoms with Crippen molar-refractivity contribution in [3.05, 3.63) is 77.9 Å². The first-order chi connectivity index (χ1) is 13.5. The van der Waals surface area contributed by atoms with Gasteiger partial charge in [-0.3, -0.25) is 4.98 Å². The average Bonchev–Trinajstić information content (AvgIpc) is 3.22. The Morgan fingerprint density at radius 3 is 2.36 bits per heavy atom. The standard InChI is InChI=1S/C22H25N5S/c1-15-8-13-19(26(15)4)21-20(18-7-5-6-14-23-18)24-22(28)27(21)17-11-9-16(10-12-17)25(2)3/h5-14,20-21H,1-4H3,(H,24,28)/t20-,21-/m0/s1. The van der Waals surface area contributed by atoms with Crippen LogP contribution in [0.2, 0.25) is 0 Å². The van der Waals surface area contributed by atoms with Crippen molar-refractivity contribution >= 4 is 28.7 Å². The number of nitrogens with one attached hydrogen (secondary N) is 1. The SMILES string of the molecule is Cc1ccc([C@H]2[C@H](c3ccccn3)NC(=S)N2c2ccc(N(C)C)cc2)n1C. The van der Waals surface area contributed by atoms with E-state index in [0.717, 1.165) is 22.2 Å². The normalized spacial score (nSPS) is 19.0. The molecule has 0 radical (unpaired) electrons. The maximum absolute atomic E-state index is 5.78. The summed E-state index contributed by atoms with van der Waals surface area (Å²) in [4.78, 5) is 8.92. The third kappa shape index (κ3) is 3.14. The molecule has 2 aromatic heterocycles. The summed E-state index contributed by atoms with van der Waals surface area (Å²) >= 11 is 5.78. The van der Waals surface area contributed by atoms with Gasteiger partial charge in [-0.15, -0.1) is 0 Å². The van der Waals surface area contributed by atoms with E-state index in [0.29, 0.717) is 0 Å². The maximum Gasteiger partial charge on any atom is 0.174 e. The van der Waals surface area contributed by atoms with Gasteiger partial charge in [0.05, 0.1) is 11.7 Å². The predicted octanol–water partition coefficient (Wildman–Crippen LogP) is 3.97. The van der Waals surface area contributed by atoms with Crippen LogP contribution >= 0.6 is 12.2 Å². The van der Waals surface area contributed by atoms with Crippen molar-refractivity contribution in [2.45, 2.75) is 19.0 Å². The number of hydrogen-bond donors (Lipinski definition) is 1. The Hall–Kier alpha value is -2.86. The molecule has 5 nitrogen and oxygen atoms in total. The molecule has 1 aliphatic rings. The van der Waals surface area contributed by atoms with Crippen molar-refractivity contribution in [2.24, 2.45) is 7.05 Å². The fraction of sp³-hybridized carbons (Fsp3) is 0.273. The highest BCUT2D eigenvalue weighted by Crippen LogP contribution is 2.42. The van der Waals surface area contributed by atoms with Crippen molar-refractivity contribution in [3.8, 4) is 0 Å². The van der Waals surface area contributed by atoms with E-state index in [4.69, 9.17) is 12.2 Å². The van der Waals surface area contributed by atoms with Gasteiger partial charge in [0, 0.05) is 50.1 Å². The predicted molar refractivity (Wildman–Crippen MR) is 119 cm³/mol. The van der Waals surface area contributed by atoms with Gasteiger partial charge < -0.3 is 19.7 Å². The van der Waals surface area contributed by atoms with Crippen LogP contribution in [0.3, 0.4) is 0 Å². The average molecular weight is 392 g/mol. The number of aryl methyl sites for hydroxylation is 1. The molecule has 1 aliphatic heterocycles. The summed E-state index contributed by atoms with van der Waals surface area (Å²) in [7, 11) is 6.20. The van der Waals surface area contributed by atoms with Crippen LogP contribution in [0.25, 0.3) is 0 Å². The Morgan fingerprint density at radius 2 is 1.79 bits per heavy atom. The van der Waals surface area contributed by atoms with Gasteiger partial charge in [0.1, 0.15) is 6.04 Å². The highest BCUT2D eigenvalue weighted by atomic mass is 32.1. The summed E-state index contributed by atoms with van der Waals surface area (Å²) in [6.07, 6.45) is 1.84. The second-order valence-corrected chi connectivity index (χ2v) is 7.75. The molecule has 0 aliphatic carbocycles. The molecule has 3 aromatic rings. The largest absolute Gasteiger partial charge is 0.378 e. The van der Waals surface area contributed by atoms with Gasteiger partial charge in [-0.25, -0.2) is 0 Å². The van der Waals surface area contributed by atoms with Crippen LogP contribution in [-0.4, -0.2) is 28.8 Å². The summed E-state index contributed by atoms with van der Waals surface area (Å²) in [6.45, 7) is 2.12. The monoisotopic (exact) mass is 391 g/mol. The van der Waals surface area contributed by atoms with Crippen molar-refractivity contribution in [1.29, 1.82) is 0 Å². The second kappa shape index (κ2) is 7.28. The molecule has 6 heteroatoms. The van der Waals surface area contributed by atoms with Crippen molar-refractivity contribution < 1.29 is 0 Å². The van der Waals surface area contributed by atoms with Crippen molar-refractivity contribution in [3.63, 3.8) is 0 Å². The molecule has 4 rings (SSSR count). The number of hydrogen-bond acceptors (Lipinski definition) is 3. The minimum absolute atomic E-state index is 0.0183. The van der Waals surface area contributed by atoms with E-state index in [1.165, 1.54) is 11.4 Å². The summed E-state index contributed by atoms with van der Waals surface area (Å²) in [5.41, 5.74) is 5.65. The minimum atomic E-state index is -0.0183. The first-order valence-corrected chi connectivity index (χ1v) is 9.78. The summed E-state index contributed by atoms with van der Waals surface area (Å²) in [5.74, 6) is 0. The van der Waals surface area contributed by atoms with E-state index < -0.39 is 0 Å². The molecule has 0 bridgehead atoms. The Balaban J connectivity index is 1.81. The molecule has 0 amide bonds. The zero-order valence-corrected chi connectivity index (χ0v) is 17.4. The fourth-order valence-electron chi connectivity index (χ4n) is 3.78. The fourth-order valence-corrected chi connectivity index (χ4v) is 4.12. The Labute approximate surface area is 171 Å². The lowest BCUT2D eigenvalue weighted by Crippen LogP contribution is -2.30. The molecule has 0 saturated carbocycles.